The summed E-state index contributed by atoms with van der Waals surface area (Å²) < 4.78 is 13.0. The van der Waals surface area contributed by atoms with E-state index in [0.29, 0.717) is 12.2 Å². The second kappa shape index (κ2) is 6.01. The molecule has 1 aromatic heterocycles. The molecule has 0 spiro atoms. The quantitative estimate of drug-likeness (QED) is 0.908. The zero-order valence-electron chi connectivity index (χ0n) is 12.1. The van der Waals surface area contributed by atoms with Crippen molar-refractivity contribution in [3.05, 3.63) is 59.7 Å². The van der Waals surface area contributed by atoms with Gasteiger partial charge in [0.15, 0.2) is 0 Å². The lowest BCUT2D eigenvalue weighted by Crippen LogP contribution is -2.27. The molecule has 0 atom stereocenters. The molecule has 21 heavy (non-hydrogen) atoms. The van der Waals surface area contributed by atoms with Crippen LogP contribution in [0.3, 0.4) is 0 Å². The molecule has 1 heterocycles. The van der Waals surface area contributed by atoms with Crippen LogP contribution in [0.25, 0.3) is 0 Å². The summed E-state index contributed by atoms with van der Waals surface area (Å²) in [5, 5.41) is 2.71. The van der Waals surface area contributed by atoms with Crippen molar-refractivity contribution in [2.75, 3.05) is 11.9 Å². The van der Waals surface area contributed by atoms with Gasteiger partial charge in [-0.15, -0.1) is 0 Å². The number of carbonyl (C=O) groups is 1. The number of anilines is 1. The zero-order valence-corrected chi connectivity index (χ0v) is 12.1. The number of pyridine rings is 1. The molecule has 0 saturated heterocycles. The number of halogens is 1. The van der Waals surface area contributed by atoms with E-state index in [1.165, 1.54) is 6.20 Å². The summed E-state index contributed by atoms with van der Waals surface area (Å²) in [6.07, 6.45) is 2.38. The highest BCUT2D eigenvalue weighted by Gasteiger charge is 2.18. The average Bonchev–Trinajstić information content (AvgIpc) is 2.48. The maximum absolute atomic E-state index is 13.0. The van der Waals surface area contributed by atoms with Gasteiger partial charge >= 0.3 is 0 Å². The highest BCUT2D eigenvalue weighted by Crippen LogP contribution is 2.23. The van der Waals surface area contributed by atoms with Gasteiger partial charge in [-0.1, -0.05) is 26.0 Å². The van der Waals surface area contributed by atoms with Gasteiger partial charge in [-0.05, 0) is 23.8 Å². The molecule has 5 heteroatoms. The Balaban J connectivity index is 2.12. The average molecular weight is 287 g/mol. The fourth-order valence-electron chi connectivity index (χ4n) is 1.86. The number of amides is 1. The molecule has 110 valence electrons. The molecular weight excluding hydrogens is 269 g/mol. The van der Waals surface area contributed by atoms with Crippen molar-refractivity contribution in [1.29, 1.82) is 0 Å². The second-order valence-electron chi connectivity index (χ2n) is 5.51. The third-order valence-corrected chi connectivity index (χ3v) is 3.40. The van der Waals surface area contributed by atoms with Gasteiger partial charge in [0.2, 0.25) is 0 Å². The van der Waals surface area contributed by atoms with Gasteiger partial charge in [0, 0.05) is 23.8 Å². The van der Waals surface area contributed by atoms with E-state index >= 15 is 0 Å². The van der Waals surface area contributed by atoms with Crippen LogP contribution in [0, 0.1) is 5.82 Å². The van der Waals surface area contributed by atoms with Crippen LogP contribution in [-0.4, -0.2) is 17.4 Å². The molecule has 0 bridgehead atoms. The van der Waals surface area contributed by atoms with E-state index in [2.05, 4.69) is 24.1 Å². The van der Waals surface area contributed by atoms with Gasteiger partial charge < -0.3 is 11.1 Å². The molecule has 0 aliphatic heterocycles. The SMILES string of the molecule is CC(C)(CN)c1ccc(NC(=O)c2cncc(F)c2)cc1. The first-order valence-electron chi connectivity index (χ1n) is 6.65. The summed E-state index contributed by atoms with van der Waals surface area (Å²) >= 11 is 0. The molecule has 0 unspecified atom stereocenters. The van der Waals surface area contributed by atoms with Crippen LogP contribution in [0.5, 0.6) is 0 Å². The minimum atomic E-state index is -0.539. The summed E-state index contributed by atoms with van der Waals surface area (Å²) in [7, 11) is 0. The summed E-state index contributed by atoms with van der Waals surface area (Å²) in [4.78, 5) is 15.6. The minimum absolute atomic E-state index is 0.116. The van der Waals surface area contributed by atoms with Crippen molar-refractivity contribution in [1.82, 2.24) is 4.98 Å². The molecule has 1 aromatic carbocycles. The molecule has 0 aliphatic rings. The summed E-state index contributed by atoms with van der Waals surface area (Å²) in [6, 6.07) is 8.60. The first-order valence-corrected chi connectivity index (χ1v) is 6.65. The van der Waals surface area contributed by atoms with Crippen molar-refractivity contribution in [2.45, 2.75) is 19.3 Å². The molecule has 0 aliphatic carbocycles. The van der Waals surface area contributed by atoms with Crippen LogP contribution in [0.1, 0.15) is 29.8 Å². The number of carbonyl (C=O) groups excluding carboxylic acids is 1. The van der Waals surface area contributed by atoms with Crippen LogP contribution in [0.15, 0.2) is 42.7 Å². The number of benzene rings is 1. The van der Waals surface area contributed by atoms with Gasteiger partial charge in [-0.3, -0.25) is 9.78 Å². The molecule has 0 fully saturated rings. The van der Waals surface area contributed by atoms with Gasteiger partial charge in [0.05, 0.1) is 11.8 Å². The fraction of sp³-hybridized carbons (Fsp3) is 0.250. The number of rotatable bonds is 4. The third-order valence-electron chi connectivity index (χ3n) is 3.40. The Morgan fingerprint density at radius 3 is 2.52 bits per heavy atom. The summed E-state index contributed by atoms with van der Waals surface area (Å²) in [5.41, 5.74) is 7.53. The van der Waals surface area contributed by atoms with Crippen molar-refractivity contribution in [3.8, 4) is 0 Å². The Kier molecular flexibility index (Phi) is 4.33. The number of hydrogen-bond acceptors (Lipinski definition) is 3. The lowest BCUT2D eigenvalue weighted by Gasteiger charge is -2.23. The fourth-order valence-corrected chi connectivity index (χ4v) is 1.86. The lowest BCUT2D eigenvalue weighted by molar-refractivity contribution is 0.102. The molecule has 2 rings (SSSR count). The maximum atomic E-state index is 13.0. The van der Waals surface area contributed by atoms with Crippen molar-refractivity contribution in [3.63, 3.8) is 0 Å². The highest BCUT2D eigenvalue weighted by atomic mass is 19.1. The number of nitrogens with zero attached hydrogens (tertiary/aromatic N) is 1. The van der Waals surface area contributed by atoms with Crippen LogP contribution in [-0.2, 0) is 5.41 Å². The van der Waals surface area contributed by atoms with E-state index in [0.717, 1.165) is 17.8 Å². The standard InChI is InChI=1S/C16H18FN3O/c1-16(2,10-18)12-3-5-14(6-4-12)20-15(21)11-7-13(17)9-19-8-11/h3-9H,10,18H2,1-2H3,(H,20,21). The first kappa shape index (κ1) is 15.1. The summed E-state index contributed by atoms with van der Waals surface area (Å²) in [6.45, 7) is 4.64. The van der Waals surface area contributed by atoms with E-state index < -0.39 is 11.7 Å². The Bertz CT molecular complexity index is 638. The Hall–Kier alpha value is -2.27. The highest BCUT2D eigenvalue weighted by molar-refractivity contribution is 6.04. The maximum Gasteiger partial charge on any atom is 0.257 e. The van der Waals surface area contributed by atoms with Crippen LogP contribution in [0.4, 0.5) is 10.1 Å². The van der Waals surface area contributed by atoms with E-state index in [1.54, 1.807) is 12.1 Å². The Morgan fingerprint density at radius 1 is 1.29 bits per heavy atom. The number of nitrogens with one attached hydrogen (secondary N) is 1. The van der Waals surface area contributed by atoms with Gasteiger partial charge in [-0.2, -0.15) is 0 Å². The molecule has 1 amide bonds. The predicted molar refractivity (Wildman–Crippen MR) is 80.7 cm³/mol. The van der Waals surface area contributed by atoms with Crippen LogP contribution < -0.4 is 11.1 Å². The van der Waals surface area contributed by atoms with Crippen molar-refractivity contribution in [2.24, 2.45) is 5.73 Å². The molecule has 2 aromatic rings. The molecule has 0 radical (unpaired) electrons. The zero-order chi connectivity index (χ0) is 15.5. The lowest BCUT2D eigenvalue weighted by atomic mass is 9.85. The number of aromatic nitrogens is 1. The largest absolute Gasteiger partial charge is 0.330 e. The predicted octanol–water partition coefficient (Wildman–Crippen LogP) is 2.71. The van der Waals surface area contributed by atoms with Crippen molar-refractivity contribution >= 4 is 11.6 Å². The molecule has 0 saturated carbocycles. The summed E-state index contributed by atoms with van der Waals surface area (Å²) in [5.74, 6) is -0.935. The van der Waals surface area contributed by atoms with E-state index in [4.69, 9.17) is 5.73 Å². The van der Waals surface area contributed by atoms with E-state index in [1.807, 2.05) is 12.1 Å². The van der Waals surface area contributed by atoms with Gasteiger partial charge in [0.25, 0.3) is 5.91 Å². The second-order valence-corrected chi connectivity index (χ2v) is 5.51. The smallest absolute Gasteiger partial charge is 0.257 e. The number of hydrogen-bond donors (Lipinski definition) is 2. The third kappa shape index (κ3) is 3.64. The normalized spacial score (nSPS) is 11.2. The van der Waals surface area contributed by atoms with E-state index in [-0.39, 0.29) is 11.0 Å². The molecule has 3 N–H and O–H groups in total. The van der Waals surface area contributed by atoms with Crippen molar-refractivity contribution < 1.29 is 9.18 Å². The Morgan fingerprint density at radius 2 is 1.95 bits per heavy atom. The molecule has 4 nitrogen and oxygen atoms in total. The number of nitrogens with two attached hydrogens (primary N) is 1. The Labute approximate surface area is 123 Å². The van der Waals surface area contributed by atoms with E-state index in [9.17, 15) is 9.18 Å². The van der Waals surface area contributed by atoms with Gasteiger partial charge in [0.1, 0.15) is 5.82 Å². The van der Waals surface area contributed by atoms with Crippen LogP contribution >= 0.6 is 0 Å². The molecular formula is C16H18FN3O. The van der Waals surface area contributed by atoms with Crippen LogP contribution in [0.2, 0.25) is 0 Å². The monoisotopic (exact) mass is 287 g/mol. The first-order chi connectivity index (χ1) is 9.92. The van der Waals surface area contributed by atoms with Gasteiger partial charge in [-0.25, -0.2) is 4.39 Å². The topological polar surface area (TPSA) is 68.0 Å². The minimum Gasteiger partial charge on any atom is -0.330 e.